The van der Waals surface area contributed by atoms with E-state index in [1.807, 2.05) is 14.0 Å². The van der Waals surface area contributed by atoms with Crippen LogP contribution >= 0.6 is 0 Å². The predicted octanol–water partition coefficient (Wildman–Crippen LogP) is 2.40. The molecule has 0 fully saturated rings. The number of rotatable bonds is 7. The van der Waals surface area contributed by atoms with E-state index in [0.29, 0.717) is 11.7 Å². The lowest BCUT2D eigenvalue weighted by atomic mass is 10.1. The summed E-state index contributed by atoms with van der Waals surface area (Å²) < 4.78 is 5.43. The molecule has 5 heteroatoms. The third-order valence-corrected chi connectivity index (χ3v) is 2.74. The summed E-state index contributed by atoms with van der Waals surface area (Å²) in [6, 6.07) is 0. The molecule has 5 nitrogen and oxygen atoms in total. The Balaban J connectivity index is 2.89. The Labute approximate surface area is 110 Å². The van der Waals surface area contributed by atoms with Crippen molar-refractivity contribution >= 4 is 11.6 Å². The first-order valence-corrected chi connectivity index (χ1v) is 6.44. The van der Waals surface area contributed by atoms with Crippen molar-refractivity contribution in [3.05, 3.63) is 6.33 Å². The standard InChI is InChI=1S/C13H24N4O/c1-6-14-12-11(18-5)13(16-9-15-12)17(4)8-7-10(2)3/h9-10H,6-8H2,1-5H3,(H,14,15,16). The fraction of sp³-hybridized carbons (Fsp3) is 0.692. The van der Waals surface area contributed by atoms with Gasteiger partial charge in [0.2, 0.25) is 5.75 Å². The number of ether oxygens (including phenoxy) is 1. The number of anilines is 2. The summed E-state index contributed by atoms with van der Waals surface area (Å²) in [5.74, 6) is 2.98. The molecule has 0 saturated carbocycles. The van der Waals surface area contributed by atoms with Gasteiger partial charge in [0.1, 0.15) is 6.33 Å². The molecule has 0 bridgehead atoms. The Hall–Kier alpha value is -1.52. The largest absolute Gasteiger partial charge is 0.490 e. The van der Waals surface area contributed by atoms with Crippen molar-refractivity contribution in [1.82, 2.24) is 9.97 Å². The Morgan fingerprint density at radius 2 is 2.11 bits per heavy atom. The van der Waals surface area contributed by atoms with Crippen molar-refractivity contribution in [2.24, 2.45) is 5.92 Å². The molecule has 0 unspecified atom stereocenters. The number of methoxy groups -OCH3 is 1. The van der Waals surface area contributed by atoms with Crippen LogP contribution in [0.25, 0.3) is 0 Å². The summed E-state index contributed by atoms with van der Waals surface area (Å²) in [6.07, 6.45) is 2.70. The highest BCUT2D eigenvalue weighted by molar-refractivity contribution is 5.64. The second-order valence-corrected chi connectivity index (χ2v) is 4.71. The minimum absolute atomic E-state index is 0.675. The van der Waals surface area contributed by atoms with Gasteiger partial charge in [-0.15, -0.1) is 0 Å². The van der Waals surface area contributed by atoms with Gasteiger partial charge in [0, 0.05) is 20.1 Å². The van der Waals surface area contributed by atoms with Crippen LogP contribution in [0.2, 0.25) is 0 Å². The Morgan fingerprint density at radius 1 is 1.39 bits per heavy atom. The van der Waals surface area contributed by atoms with Crippen LogP contribution in [-0.2, 0) is 0 Å². The SMILES string of the molecule is CCNc1ncnc(N(C)CCC(C)C)c1OC. The van der Waals surface area contributed by atoms with E-state index in [9.17, 15) is 0 Å². The van der Waals surface area contributed by atoms with Crippen molar-refractivity contribution in [2.45, 2.75) is 27.2 Å². The molecule has 1 aromatic rings. The van der Waals surface area contributed by atoms with Gasteiger partial charge in [0.05, 0.1) is 7.11 Å². The second-order valence-electron chi connectivity index (χ2n) is 4.71. The molecular weight excluding hydrogens is 228 g/mol. The van der Waals surface area contributed by atoms with E-state index in [4.69, 9.17) is 4.74 Å². The topological polar surface area (TPSA) is 50.3 Å². The molecule has 1 N–H and O–H groups in total. The van der Waals surface area contributed by atoms with Gasteiger partial charge >= 0.3 is 0 Å². The summed E-state index contributed by atoms with van der Waals surface area (Å²) in [7, 11) is 3.68. The number of hydrogen-bond donors (Lipinski definition) is 1. The summed E-state index contributed by atoms with van der Waals surface area (Å²) in [6.45, 7) is 8.23. The zero-order chi connectivity index (χ0) is 13.5. The van der Waals surface area contributed by atoms with Crippen molar-refractivity contribution in [3.63, 3.8) is 0 Å². The molecular formula is C13H24N4O. The van der Waals surface area contributed by atoms with E-state index < -0.39 is 0 Å². The third kappa shape index (κ3) is 3.75. The Kier molecular flexibility index (Phi) is 5.68. The Morgan fingerprint density at radius 3 is 2.67 bits per heavy atom. The van der Waals surface area contributed by atoms with Crippen molar-refractivity contribution in [3.8, 4) is 5.75 Å². The second kappa shape index (κ2) is 7.03. The van der Waals surface area contributed by atoms with E-state index in [0.717, 1.165) is 31.1 Å². The van der Waals surface area contributed by atoms with Crippen LogP contribution in [0.3, 0.4) is 0 Å². The fourth-order valence-electron chi connectivity index (χ4n) is 1.68. The normalized spacial score (nSPS) is 10.6. The van der Waals surface area contributed by atoms with Gasteiger partial charge in [-0.3, -0.25) is 0 Å². The molecule has 18 heavy (non-hydrogen) atoms. The lowest BCUT2D eigenvalue weighted by molar-refractivity contribution is 0.412. The smallest absolute Gasteiger partial charge is 0.204 e. The molecule has 102 valence electrons. The first-order valence-electron chi connectivity index (χ1n) is 6.44. The third-order valence-electron chi connectivity index (χ3n) is 2.74. The highest BCUT2D eigenvalue weighted by Crippen LogP contribution is 2.31. The molecule has 0 atom stereocenters. The van der Waals surface area contributed by atoms with Gasteiger partial charge in [-0.2, -0.15) is 0 Å². The number of hydrogen-bond acceptors (Lipinski definition) is 5. The number of nitrogens with one attached hydrogen (secondary N) is 1. The molecule has 0 aliphatic heterocycles. The monoisotopic (exact) mass is 252 g/mol. The number of aromatic nitrogens is 2. The van der Waals surface area contributed by atoms with Gasteiger partial charge in [0.15, 0.2) is 11.6 Å². The molecule has 0 saturated heterocycles. The van der Waals surface area contributed by atoms with Crippen LogP contribution in [0, 0.1) is 5.92 Å². The fourth-order valence-corrected chi connectivity index (χ4v) is 1.68. The summed E-state index contributed by atoms with van der Waals surface area (Å²) in [4.78, 5) is 10.6. The summed E-state index contributed by atoms with van der Waals surface area (Å²) in [5.41, 5.74) is 0. The van der Waals surface area contributed by atoms with Crippen LogP contribution in [0.1, 0.15) is 27.2 Å². The molecule has 0 radical (unpaired) electrons. The molecule has 0 aliphatic rings. The molecule has 1 rings (SSSR count). The van der Waals surface area contributed by atoms with E-state index in [1.54, 1.807) is 13.4 Å². The van der Waals surface area contributed by atoms with E-state index >= 15 is 0 Å². The number of nitrogens with zero attached hydrogens (tertiary/aromatic N) is 3. The summed E-state index contributed by atoms with van der Waals surface area (Å²) >= 11 is 0. The zero-order valence-corrected chi connectivity index (χ0v) is 12.0. The lowest BCUT2D eigenvalue weighted by Crippen LogP contribution is -2.22. The van der Waals surface area contributed by atoms with Crippen LogP contribution in [0.4, 0.5) is 11.6 Å². The van der Waals surface area contributed by atoms with Gasteiger partial charge in [-0.05, 0) is 19.3 Å². The van der Waals surface area contributed by atoms with Crippen LogP contribution in [0.15, 0.2) is 6.33 Å². The average molecular weight is 252 g/mol. The van der Waals surface area contributed by atoms with Crippen LogP contribution in [-0.4, -0.2) is 37.2 Å². The van der Waals surface area contributed by atoms with Gasteiger partial charge < -0.3 is 15.0 Å². The van der Waals surface area contributed by atoms with Crippen molar-refractivity contribution in [1.29, 1.82) is 0 Å². The lowest BCUT2D eigenvalue weighted by Gasteiger charge is -2.22. The minimum Gasteiger partial charge on any atom is -0.490 e. The quantitative estimate of drug-likeness (QED) is 0.807. The van der Waals surface area contributed by atoms with Gasteiger partial charge in [-0.25, -0.2) is 9.97 Å². The van der Waals surface area contributed by atoms with Crippen LogP contribution < -0.4 is 15.0 Å². The first kappa shape index (κ1) is 14.5. The average Bonchev–Trinajstić information content (AvgIpc) is 2.36. The van der Waals surface area contributed by atoms with Crippen molar-refractivity contribution in [2.75, 3.05) is 37.5 Å². The Bertz CT molecular complexity index is 368. The molecule has 0 aromatic carbocycles. The van der Waals surface area contributed by atoms with E-state index in [2.05, 4.69) is 34.0 Å². The van der Waals surface area contributed by atoms with Crippen molar-refractivity contribution < 1.29 is 4.74 Å². The maximum absolute atomic E-state index is 5.43. The first-order chi connectivity index (χ1) is 8.60. The maximum Gasteiger partial charge on any atom is 0.204 e. The van der Waals surface area contributed by atoms with Crippen LogP contribution in [0.5, 0.6) is 5.75 Å². The van der Waals surface area contributed by atoms with E-state index in [1.165, 1.54) is 0 Å². The maximum atomic E-state index is 5.43. The molecule has 0 spiro atoms. The molecule has 1 heterocycles. The molecule has 0 amide bonds. The highest BCUT2D eigenvalue weighted by Gasteiger charge is 2.15. The highest BCUT2D eigenvalue weighted by atomic mass is 16.5. The zero-order valence-electron chi connectivity index (χ0n) is 12.0. The predicted molar refractivity (Wildman–Crippen MR) is 75.5 cm³/mol. The molecule has 0 aliphatic carbocycles. The van der Waals surface area contributed by atoms with E-state index in [-0.39, 0.29) is 0 Å². The summed E-state index contributed by atoms with van der Waals surface area (Å²) in [5, 5.41) is 3.18. The van der Waals surface area contributed by atoms with Gasteiger partial charge in [-0.1, -0.05) is 13.8 Å². The van der Waals surface area contributed by atoms with Gasteiger partial charge in [0.25, 0.3) is 0 Å². The molecule has 1 aromatic heterocycles. The minimum atomic E-state index is 0.675.